The van der Waals surface area contributed by atoms with Gasteiger partial charge in [-0.15, -0.1) is 0 Å². The Morgan fingerprint density at radius 2 is 2.00 bits per heavy atom. The van der Waals surface area contributed by atoms with E-state index in [1.165, 1.54) is 0 Å². The average Bonchev–Trinajstić information content (AvgIpc) is 2.50. The maximum absolute atomic E-state index is 14.2. The number of ether oxygens (including phenoxy) is 2. The van der Waals surface area contributed by atoms with E-state index in [1.54, 1.807) is 6.07 Å². The number of hydrogen-bond donors (Lipinski definition) is 1. The lowest BCUT2D eigenvalue weighted by Crippen LogP contribution is -2.44. The second-order valence-corrected chi connectivity index (χ2v) is 5.41. The van der Waals surface area contributed by atoms with E-state index in [4.69, 9.17) is 21.1 Å². The summed E-state index contributed by atoms with van der Waals surface area (Å²) in [5, 5.41) is 3.34. The first-order valence-corrected chi connectivity index (χ1v) is 7.33. The highest BCUT2D eigenvalue weighted by Gasteiger charge is 2.22. The Bertz CT molecular complexity index is 493. The van der Waals surface area contributed by atoms with Gasteiger partial charge in [0, 0.05) is 32.7 Å². The van der Waals surface area contributed by atoms with Crippen molar-refractivity contribution in [1.29, 1.82) is 0 Å². The zero-order chi connectivity index (χ0) is 13.9. The third-order valence-electron chi connectivity index (χ3n) is 3.70. The van der Waals surface area contributed by atoms with Gasteiger partial charge in [0.15, 0.2) is 11.5 Å². The lowest BCUT2D eigenvalue weighted by atomic mass is 10.1. The van der Waals surface area contributed by atoms with Crippen LogP contribution < -0.4 is 14.8 Å². The van der Waals surface area contributed by atoms with Crippen molar-refractivity contribution < 1.29 is 13.9 Å². The Balaban J connectivity index is 1.73. The fourth-order valence-electron chi connectivity index (χ4n) is 2.57. The molecule has 0 unspecified atom stereocenters. The van der Waals surface area contributed by atoms with Crippen LogP contribution in [0.3, 0.4) is 0 Å². The molecule has 0 spiro atoms. The smallest absolute Gasteiger partial charge is 0.182 e. The van der Waals surface area contributed by atoms with Crippen LogP contribution in [0.4, 0.5) is 4.39 Å². The van der Waals surface area contributed by atoms with E-state index in [1.807, 2.05) is 0 Å². The summed E-state index contributed by atoms with van der Waals surface area (Å²) in [4.78, 5) is 2.32. The van der Waals surface area contributed by atoms with Gasteiger partial charge in [0.05, 0.1) is 0 Å². The maximum Gasteiger partial charge on any atom is 0.182 e. The van der Waals surface area contributed by atoms with Crippen LogP contribution in [0, 0.1) is 5.82 Å². The topological polar surface area (TPSA) is 33.7 Å². The molecule has 3 rings (SSSR count). The molecule has 1 aromatic rings. The molecule has 1 N–H and O–H groups in total. The zero-order valence-corrected chi connectivity index (χ0v) is 12.0. The van der Waals surface area contributed by atoms with Crippen molar-refractivity contribution in [3.05, 3.63) is 22.5 Å². The fraction of sp³-hybridized carbons (Fsp3) is 0.571. The summed E-state index contributed by atoms with van der Waals surface area (Å²) < 4.78 is 25.1. The Kier molecular flexibility index (Phi) is 4.29. The molecule has 0 aliphatic carbocycles. The van der Waals surface area contributed by atoms with Crippen LogP contribution >= 0.6 is 11.6 Å². The molecule has 2 aliphatic heterocycles. The lowest BCUT2D eigenvalue weighted by molar-refractivity contribution is 0.170. The molecule has 20 heavy (non-hydrogen) atoms. The minimum Gasteiger partial charge on any atom is -0.486 e. The first-order chi connectivity index (χ1) is 9.75. The van der Waals surface area contributed by atoms with Gasteiger partial charge in [-0.1, -0.05) is 11.6 Å². The molecule has 110 valence electrons. The second kappa shape index (κ2) is 6.16. The largest absolute Gasteiger partial charge is 0.486 e. The Labute approximate surface area is 122 Å². The Hall–Kier alpha value is -1.04. The fourth-order valence-corrected chi connectivity index (χ4v) is 2.84. The van der Waals surface area contributed by atoms with E-state index in [0.717, 1.165) is 32.7 Å². The minimum atomic E-state index is -0.383. The first-order valence-electron chi connectivity index (χ1n) is 6.95. The molecule has 0 bridgehead atoms. The molecule has 0 amide bonds. The van der Waals surface area contributed by atoms with E-state index < -0.39 is 0 Å². The first kappa shape index (κ1) is 13.9. The Morgan fingerprint density at radius 3 is 2.80 bits per heavy atom. The summed E-state index contributed by atoms with van der Waals surface area (Å²) in [5.41, 5.74) is 0.595. The van der Waals surface area contributed by atoms with Crippen molar-refractivity contribution in [3.63, 3.8) is 0 Å². The molecular formula is C14H18ClFN2O2. The molecular weight excluding hydrogens is 283 g/mol. The summed E-state index contributed by atoms with van der Waals surface area (Å²) in [6, 6.07) is 1.72. The SMILES string of the molecule is Fc1c(CCN2CCNCC2)cc2c(c1Cl)OCCO2. The van der Waals surface area contributed by atoms with Gasteiger partial charge in [-0.05, 0) is 18.1 Å². The van der Waals surface area contributed by atoms with Crippen LogP contribution in [0.1, 0.15) is 5.56 Å². The maximum atomic E-state index is 14.2. The number of piperazine rings is 1. The van der Waals surface area contributed by atoms with Crippen LogP contribution in [0.15, 0.2) is 6.07 Å². The van der Waals surface area contributed by atoms with E-state index in [2.05, 4.69) is 10.2 Å². The van der Waals surface area contributed by atoms with Crippen LogP contribution in [0.2, 0.25) is 5.02 Å². The normalized spacial score (nSPS) is 19.1. The van der Waals surface area contributed by atoms with Gasteiger partial charge in [0.1, 0.15) is 24.1 Å². The molecule has 0 radical (unpaired) electrons. The zero-order valence-electron chi connectivity index (χ0n) is 11.3. The molecule has 2 aliphatic rings. The van der Waals surface area contributed by atoms with Crippen LogP contribution in [0.25, 0.3) is 0 Å². The monoisotopic (exact) mass is 300 g/mol. The Morgan fingerprint density at radius 1 is 1.25 bits per heavy atom. The van der Waals surface area contributed by atoms with Gasteiger partial charge >= 0.3 is 0 Å². The van der Waals surface area contributed by atoms with Gasteiger partial charge in [-0.2, -0.15) is 0 Å². The number of hydrogen-bond acceptors (Lipinski definition) is 4. The summed E-state index contributed by atoms with van der Waals surface area (Å²) >= 11 is 6.03. The van der Waals surface area contributed by atoms with Crippen LogP contribution in [-0.4, -0.2) is 50.8 Å². The minimum absolute atomic E-state index is 0.0394. The molecule has 1 saturated heterocycles. The highest BCUT2D eigenvalue weighted by molar-refractivity contribution is 6.32. The predicted molar refractivity (Wildman–Crippen MR) is 75.4 cm³/mol. The number of benzene rings is 1. The van der Waals surface area contributed by atoms with E-state index in [-0.39, 0.29) is 10.8 Å². The van der Waals surface area contributed by atoms with Crippen LogP contribution in [-0.2, 0) is 6.42 Å². The summed E-state index contributed by atoms with van der Waals surface area (Å²) in [6.07, 6.45) is 0.627. The summed E-state index contributed by atoms with van der Waals surface area (Å²) in [7, 11) is 0. The number of nitrogens with zero attached hydrogens (tertiary/aromatic N) is 1. The van der Waals surface area contributed by atoms with E-state index >= 15 is 0 Å². The predicted octanol–water partition coefficient (Wildman–Crippen LogP) is 1.70. The molecule has 1 fully saturated rings. The molecule has 1 aromatic carbocycles. The van der Waals surface area contributed by atoms with Gasteiger partial charge < -0.3 is 19.7 Å². The summed E-state index contributed by atoms with van der Waals surface area (Å²) in [5.74, 6) is 0.505. The highest BCUT2D eigenvalue weighted by atomic mass is 35.5. The summed E-state index contributed by atoms with van der Waals surface area (Å²) in [6.45, 7) is 5.70. The van der Waals surface area contributed by atoms with Crippen molar-refractivity contribution in [2.24, 2.45) is 0 Å². The number of rotatable bonds is 3. The molecule has 0 saturated carbocycles. The second-order valence-electron chi connectivity index (χ2n) is 5.03. The molecule has 0 aromatic heterocycles. The van der Waals surface area contributed by atoms with Crippen molar-refractivity contribution >= 4 is 11.6 Å². The van der Waals surface area contributed by atoms with Crippen molar-refractivity contribution in [1.82, 2.24) is 10.2 Å². The molecule has 4 nitrogen and oxygen atoms in total. The van der Waals surface area contributed by atoms with E-state index in [9.17, 15) is 4.39 Å². The van der Waals surface area contributed by atoms with E-state index in [0.29, 0.717) is 36.7 Å². The number of fused-ring (bicyclic) bond motifs is 1. The molecule has 0 atom stereocenters. The molecule has 6 heteroatoms. The quantitative estimate of drug-likeness (QED) is 0.921. The average molecular weight is 301 g/mol. The highest BCUT2D eigenvalue weighted by Crippen LogP contribution is 2.40. The molecule has 2 heterocycles. The van der Waals surface area contributed by atoms with Crippen molar-refractivity contribution in [2.45, 2.75) is 6.42 Å². The number of halogens is 2. The van der Waals surface area contributed by atoms with Gasteiger partial charge in [-0.3, -0.25) is 0 Å². The van der Waals surface area contributed by atoms with Gasteiger partial charge in [0.25, 0.3) is 0 Å². The van der Waals surface area contributed by atoms with Crippen molar-refractivity contribution in [3.8, 4) is 11.5 Å². The lowest BCUT2D eigenvalue weighted by Gasteiger charge is -2.27. The van der Waals surface area contributed by atoms with Crippen LogP contribution in [0.5, 0.6) is 11.5 Å². The third kappa shape index (κ3) is 2.85. The standard InChI is InChI=1S/C14H18ClFN2O2/c15-12-13(16)10(1-4-18-5-2-17-3-6-18)9-11-14(12)20-8-7-19-11/h9,17H,1-8H2. The number of nitrogens with one attached hydrogen (secondary N) is 1. The third-order valence-corrected chi connectivity index (χ3v) is 4.03. The van der Waals surface area contributed by atoms with Crippen molar-refractivity contribution in [2.75, 3.05) is 45.9 Å². The van der Waals surface area contributed by atoms with Gasteiger partial charge in [-0.25, -0.2) is 4.39 Å². The van der Waals surface area contributed by atoms with Gasteiger partial charge in [0.2, 0.25) is 0 Å².